The molecule has 1 saturated heterocycles. The van der Waals surface area contributed by atoms with E-state index in [9.17, 15) is 4.79 Å². The molecular formula is C17H33N3O2S. The van der Waals surface area contributed by atoms with Gasteiger partial charge in [0.15, 0.2) is 5.96 Å². The van der Waals surface area contributed by atoms with Crippen molar-refractivity contribution in [2.75, 3.05) is 32.5 Å². The second-order valence-electron chi connectivity index (χ2n) is 6.26. The molecule has 2 N–H and O–H groups in total. The summed E-state index contributed by atoms with van der Waals surface area (Å²) in [5.41, 5.74) is 0. The summed E-state index contributed by atoms with van der Waals surface area (Å²) in [6.07, 6.45) is 7.31. The molecule has 5 nitrogen and oxygen atoms in total. The summed E-state index contributed by atoms with van der Waals surface area (Å²) in [6.45, 7) is 7.10. The van der Waals surface area contributed by atoms with Gasteiger partial charge in [-0.3, -0.25) is 9.79 Å². The summed E-state index contributed by atoms with van der Waals surface area (Å²) in [5, 5.41) is 6.73. The smallest absolute Gasteiger partial charge is 0.305 e. The van der Waals surface area contributed by atoms with Crippen molar-refractivity contribution in [1.82, 2.24) is 10.6 Å². The highest BCUT2D eigenvalue weighted by Crippen LogP contribution is 2.37. The van der Waals surface area contributed by atoms with Gasteiger partial charge >= 0.3 is 5.97 Å². The highest BCUT2D eigenvalue weighted by Gasteiger charge is 2.29. The van der Waals surface area contributed by atoms with E-state index in [4.69, 9.17) is 4.99 Å². The summed E-state index contributed by atoms with van der Waals surface area (Å²) in [5.74, 6) is 2.08. The minimum Gasteiger partial charge on any atom is -0.469 e. The summed E-state index contributed by atoms with van der Waals surface area (Å²) < 4.78 is 4.95. The average Bonchev–Trinajstić information content (AvgIpc) is 2.98. The monoisotopic (exact) mass is 343 g/mol. The van der Waals surface area contributed by atoms with Crippen molar-refractivity contribution in [1.29, 1.82) is 0 Å². The van der Waals surface area contributed by atoms with E-state index < -0.39 is 0 Å². The van der Waals surface area contributed by atoms with Crippen molar-refractivity contribution in [2.24, 2.45) is 4.99 Å². The lowest BCUT2D eigenvalue weighted by molar-refractivity contribution is -0.140. The second kappa shape index (κ2) is 11.6. The van der Waals surface area contributed by atoms with Crippen LogP contribution in [-0.2, 0) is 9.53 Å². The fourth-order valence-electron chi connectivity index (χ4n) is 2.61. The van der Waals surface area contributed by atoms with E-state index in [-0.39, 0.29) is 5.97 Å². The first-order chi connectivity index (χ1) is 11.1. The van der Waals surface area contributed by atoms with Crippen molar-refractivity contribution in [2.45, 2.75) is 63.5 Å². The summed E-state index contributed by atoms with van der Waals surface area (Å²) >= 11 is 2.05. The number of nitrogens with zero attached hydrogens (tertiary/aromatic N) is 1. The van der Waals surface area contributed by atoms with Crippen molar-refractivity contribution >= 4 is 23.7 Å². The number of aliphatic imine (C=N–C) groups is 1. The maximum atomic E-state index is 11.0. The summed E-state index contributed by atoms with van der Waals surface area (Å²) in [6, 6.07) is 0. The molecule has 6 heteroatoms. The van der Waals surface area contributed by atoms with E-state index in [0.29, 0.717) is 11.2 Å². The van der Waals surface area contributed by atoms with Gasteiger partial charge in [-0.25, -0.2) is 0 Å². The number of hydrogen-bond acceptors (Lipinski definition) is 4. The molecule has 1 unspecified atom stereocenters. The van der Waals surface area contributed by atoms with E-state index in [1.165, 1.54) is 25.7 Å². The van der Waals surface area contributed by atoms with Crippen molar-refractivity contribution in [3.8, 4) is 0 Å². The third-order valence-corrected chi connectivity index (χ3v) is 5.57. The predicted molar refractivity (Wildman–Crippen MR) is 99.2 cm³/mol. The minimum absolute atomic E-state index is 0.108. The van der Waals surface area contributed by atoms with Crippen LogP contribution in [0.2, 0.25) is 0 Å². The minimum atomic E-state index is -0.108. The first-order valence-corrected chi connectivity index (χ1v) is 9.81. The van der Waals surface area contributed by atoms with Crippen LogP contribution in [0.25, 0.3) is 0 Å². The number of nitrogens with one attached hydrogen (secondary N) is 2. The number of carbonyl (C=O) groups excluding carboxylic acids is 1. The van der Waals surface area contributed by atoms with E-state index >= 15 is 0 Å². The molecule has 0 aliphatic carbocycles. The van der Waals surface area contributed by atoms with Crippen LogP contribution in [0.4, 0.5) is 0 Å². The molecule has 0 amide bonds. The summed E-state index contributed by atoms with van der Waals surface area (Å²) in [7, 11) is 1.44. The van der Waals surface area contributed by atoms with Gasteiger partial charge < -0.3 is 15.4 Å². The largest absolute Gasteiger partial charge is 0.469 e. The molecule has 0 aromatic heterocycles. The number of unbranched alkanes of at least 4 members (excludes halogenated alkanes) is 3. The molecule has 0 aromatic carbocycles. The number of methoxy groups -OCH3 is 1. The maximum absolute atomic E-state index is 11.0. The van der Waals surface area contributed by atoms with Gasteiger partial charge in [0.2, 0.25) is 0 Å². The van der Waals surface area contributed by atoms with E-state index in [2.05, 4.69) is 29.2 Å². The molecule has 1 aliphatic rings. The number of carbonyl (C=O) groups is 1. The van der Waals surface area contributed by atoms with Crippen LogP contribution in [0.15, 0.2) is 4.99 Å². The lowest BCUT2D eigenvalue weighted by Gasteiger charge is -2.21. The molecule has 0 radical (unpaired) electrons. The number of esters is 1. The Morgan fingerprint density at radius 2 is 2.04 bits per heavy atom. The zero-order chi connectivity index (χ0) is 17.0. The van der Waals surface area contributed by atoms with Crippen LogP contribution in [-0.4, -0.2) is 49.2 Å². The van der Waals surface area contributed by atoms with Gasteiger partial charge in [-0.05, 0) is 45.3 Å². The second-order valence-corrected chi connectivity index (χ2v) is 7.95. The molecule has 134 valence electrons. The number of hydrogen-bond donors (Lipinski definition) is 2. The Bertz CT molecular complexity index is 369. The van der Waals surface area contributed by atoms with E-state index in [1.807, 2.05) is 11.8 Å². The van der Waals surface area contributed by atoms with Crippen molar-refractivity contribution < 1.29 is 9.53 Å². The zero-order valence-electron chi connectivity index (χ0n) is 15.0. The number of thioether (sulfide) groups is 1. The molecule has 0 saturated carbocycles. The third kappa shape index (κ3) is 9.08. The molecule has 1 fully saturated rings. The van der Waals surface area contributed by atoms with Crippen LogP contribution >= 0.6 is 11.8 Å². The number of guanidine groups is 1. The highest BCUT2D eigenvalue weighted by atomic mass is 32.2. The van der Waals surface area contributed by atoms with Gasteiger partial charge in [0.1, 0.15) is 0 Å². The van der Waals surface area contributed by atoms with Gasteiger partial charge in [-0.15, -0.1) is 0 Å². The first-order valence-electron chi connectivity index (χ1n) is 8.82. The molecule has 1 heterocycles. The summed E-state index contributed by atoms with van der Waals surface area (Å²) in [4.78, 5) is 15.8. The molecule has 0 bridgehead atoms. The Kier molecular flexibility index (Phi) is 10.2. The number of rotatable bonds is 10. The van der Waals surface area contributed by atoms with E-state index in [0.717, 1.165) is 51.3 Å². The van der Waals surface area contributed by atoms with Crippen molar-refractivity contribution in [3.63, 3.8) is 0 Å². The van der Waals surface area contributed by atoms with Gasteiger partial charge in [0.05, 0.1) is 13.7 Å². The maximum Gasteiger partial charge on any atom is 0.305 e. The Morgan fingerprint density at radius 3 is 2.70 bits per heavy atom. The zero-order valence-corrected chi connectivity index (χ0v) is 15.8. The molecular weight excluding hydrogens is 310 g/mol. The van der Waals surface area contributed by atoms with Crippen LogP contribution in [0, 0.1) is 0 Å². The molecule has 1 rings (SSSR count). The molecule has 1 atom stereocenters. The van der Waals surface area contributed by atoms with Crippen LogP contribution in [0.5, 0.6) is 0 Å². The quantitative estimate of drug-likeness (QED) is 0.276. The van der Waals surface area contributed by atoms with Gasteiger partial charge in [0.25, 0.3) is 0 Å². The van der Waals surface area contributed by atoms with Gasteiger partial charge in [-0.1, -0.05) is 12.8 Å². The third-order valence-electron chi connectivity index (χ3n) is 4.04. The standard InChI is InChI=1S/C17H33N3O2S/c1-4-18-16(20-14-17(2)11-9-13-23-17)19-12-8-6-5-7-10-15(21)22-3/h4-14H2,1-3H3,(H2,18,19,20). The fraction of sp³-hybridized carbons (Fsp3) is 0.882. The predicted octanol–water partition coefficient (Wildman–Crippen LogP) is 2.95. The molecule has 23 heavy (non-hydrogen) atoms. The van der Waals surface area contributed by atoms with Gasteiger partial charge in [-0.2, -0.15) is 11.8 Å². The fourth-order valence-corrected chi connectivity index (χ4v) is 3.83. The lowest BCUT2D eigenvalue weighted by atomic mass is 10.1. The van der Waals surface area contributed by atoms with Crippen LogP contribution < -0.4 is 10.6 Å². The normalized spacial score (nSPS) is 21.3. The molecule has 1 aliphatic heterocycles. The SMILES string of the molecule is CCNC(=NCC1(C)CCCS1)NCCCCCCC(=O)OC. The Hall–Kier alpha value is -0.910. The van der Waals surface area contributed by atoms with Crippen molar-refractivity contribution in [3.05, 3.63) is 0 Å². The average molecular weight is 344 g/mol. The van der Waals surface area contributed by atoms with Gasteiger partial charge in [0, 0.05) is 24.3 Å². The van der Waals surface area contributed by atoms with Crippen LogP contribution in [0.3, 0.4) is 0 Å². The molecule has 0 spiro atoms. The highest BCUT2D eigenvalue weighted by molar-refractivity contribution is 8.00. The topological polar surface area (TPSA) is 62.7 Å². The van der Waals surface area contributed by atoms with Crippen LogP contribution in [0.1, 0.15) is 58.8 Å². The molecule has 0 aromatic rings. The van der Waals surface area contributed by atoms with E-state index in [1.54, 1.807) is 0 Å². The number of ether oxygens (including phenoxy) is 1. The Labute approximate surface area is 145 Å². The Balaban J connectivity index is 2.16. The first kappa shape index (κ1) is 20.1. The Morgan fingerprint density at radius 1 is 1.26 bits per heavy atom. The lowest BCUT2D eigenvalue weighted by Crippen LogP contribution is -2.39.